The lowest BCUT2D eigenvalue weighted by Gasteiger charge is -2.15. The molecule has 3 aromatic carbocycles. The van der Waals surface area contributed by atoms with Gasteiger partial charge >= 0.3 is 0 Å². The molecule has 1 atom stereocenters. The van der Waals surface area contributed by atoms with E-state index >= 15 is 0 Å². The maximum absolute atomic E-state index is 13.9. The number of hydrogen-bond donors (Lipinski definition) is 3. The fraction of sp³-hybridized carbons (Fsp3) is 0.0870. The number of hydrogen-bond acceptors (Lipinski definition) is 5. The van der Waals surface area contributed by atoms with E-state index in [0.717, 1.165) is 17.5 Å². The number of anilines is 2. The fourth-order valence-electron chi connectivity index (χ4n) is 2.83. The van der Waals surface area contributed by atoms with Crippen LogP contribution in [0.5, 0.6) is 0 Å². The maximum atomic E-state index is 13.9. The Balaban J connectivity index is 1.72. The van der Waals surface area contributed by atoms with Crippen molar-refractivity contribution < 1.29 is 26.0 Å². The number of carbonyl (C=O) groups excluding carboxylic acids is 1. The van der Waals surface area contributed by atoms with E-state index in [9.17, 15) is 26.0 Å². The minimum Gasteiger partial charge on any atom is -0.323 e. The van der Waals surface area contributed by atoms with Crippen molar-refractivity contribution in [3.63, 3.8) is 0 Å². The Bertz CT molecular complexity index is 1460. The Kier molecular flexibility index (Phi) is 8.28. The Hall–Kier alpha value is -3.25. The maximum Gasteiger partial charge on any atom is 0.262 e. The van der Waals surface area contributed by atoms with Crippen molar-refractivity contribution in [2.75, 3.05) is 10.0 Å². The third-order valence-corrected chi connectivity index (χ3v) is 7.47. The van der Waals surface area contributed by atoms with Crippen LogP contribution in [-0.4, -0.2) is 28.8 Å². The molecule has 0 bridgehead atoms. The van der Waals surface area contributed by atoms with Crippen LogP contribution in [0.1, 0.15) is 12.5 Å². The van der Waals surface area contributed by atoms with Gasteiger partial charge in [-0.25, -0.2) is 21.2 Å². The molecule has 0 aliphatic carbocycles. The monoisotopic (exact) mass is 537 g/mol. The molecule has 3 aromatic rings. The highest BCUT2D eigenvalue weighted by Gasteiger charge is 2.22. The van der Waals surface area contributed by atoms with Gasteiger partial charge in [-0.05, 0) is 48.9 Å². The molecule has 0 fully saturated rings. The number of amides is 1. The lowest BCUT2D eigenvalue weighted by molar-refractivity contribution is -0.117. The summed E-state index contributed by atoms with van der Waals surface area (Å²) in [5, 5.41) is 3.35. The molecule has 0 aromatic heterocycles. The van der Waals surface area contributed by atoms with Gasteiger partial charge in [-0.3, -0.25) is 9.52 Å². The highest BCUT2D eigenvalue weighted by atomic mass is 35.5. The number of rotatable bonds is 9. The number of para-hydroxylation sites is 1. The molecule has 8 nitrogen and oxygen atoms in total. The summed E-state index contributed by atoms with van der Waals surface area (Å²) < 4.78 is 68.2. The summed E-state index contributed by atoms with van der Waals surface area (Å²) >= 11 is 6.09. The SMILES string of the molecule is CC(NS(=O)(=O)/C=C/c1ccccc1)C(=O)Nc1cc(S(=O)(=O)Nc2ccccc2F)ccc1Cl. The molecule has 3 rings (SSSR count). The van der Waals surface area contributed by atoms with Crippen LogP contribution in [0.25, 0.3) is 6.08 Å². The normalized spacial score (nSPS) is 12.9. The van der Waals surface area contributed by atoms with E-state index in [2.05, 4.69) is 14.8 Å². The van der Waals surface area contributed by atoms with Gasteiger partial charge in [0, 0.05) is 5.41 Å². The van der Waals surface area contributed by atoms with Gasteiger partial charge in [-0.15, -0.1) is 0 Å². The predicted octanol–water partition coefficient (Wildman–Crippen LogP) is 4.20. The zero-order chi connectivity index (χ0) is 25.6. The Morgan fingerprint density at radius 2 is 1.60 bits per heavy atom. The summed E-state index contributed by atoms with van der Waals surface area (Å²) in [6, 6.07) is 16.2. The van der Waals surface area contributed by atoms with Gasteiger partial charge in [0.15, 0.2) is 0 Å². The molecule has 1 unspecified atom stereocenters. The first-order valence-corrected chi connectivity index (χ1v) is 13.5. The van der Waals surface area contributed by atoms with Crippen LogP contribution >= 0.6 is 11.6 Å². The van der Waals surface area contributed by atoms with Gasteiger partial charge in [0.25, 0.3) is 10.0 Å². The first kappa shape index (κ1) is 26.4. The Morgan fingerprint density at radius 3 is 2.29 bits per heavy atom. The molecular formula is C23H21ClFN3O5S2. The minimum atomic E-state index is -4.21. The molecule has 3 N–H and O–H groups in total. The second kappa shape index (κ2) is 11.0. The summed E-state index contributed by atoms with van der Waals surface area (Å²) in [4.78, 5) is 12.3. The highest BCUT2D eigenvalue weighted by molar-refractivity contribution is 7.93. The van der Waals surface area contributed by atoms with Crippen molar-refractivity contribution in [1.29, 1.82) is 0 Å². The van der Waals surface area contributed by atoms with Crippen molar-refractivity contribution in [2.45, 2.75) is 17.9 Å². The van der Waals surface area contributed by atoms with E-state index in [1.807, 2.05) is 0 Å². The lowest BCUT2D eigenvalue weighted by Crippen LogP contribution is -2.40. The molecule has 0 radical (unpaired) electrons. The van der Waals surface area contributed by atoms with Gasteiger partial charge in [0.2, 0.25) is 15.9 Å². The molecule has 0 aliphatic rings. The van der Waals surface area contributed by atoms with Crippen LogP contribution in [0.15, 0.2) is 83.1 Å². The lowest BCUT2D eigenvalue weighted by atomic mass is 10.2. The first-order chi connectivity index (χ1) is 16.5. The van der Waals surface area contributed by atoms with E-state index < -0.39 is 37.8 Å². The average molecular weight is 538 g/mol. The molecule has 12 heteroatoms. The van der Waals surface area contributed by atoms with E-state index in [1.54, 1.807) is 30.3 Å². The molecule has 1 amide bonds. The molecule has 0 heterocycles. The minimum absolute atomic E-state index is 0.0159. The highest BCUT2D eigenvalue weighted by Crippen LogP contribution is 2.27. The van der Waals surface area contributed by atoms with Gasteiger partial charge in [-0.1, -0.05) is 54.1 Å². The summed E-state index contributed by atoms with van der Waals surface area (Å²) in [7, 11) is -8.18. The van der Waals surface area contributed by atoms with Gasteiger partial charge in [0.05, 0.1) is 27.3 Å². The number of carbonyl (C=O) groups is 1. The van der Waals surface area contributed by atoms with Crippen LogP contribution in [0, 0.1) is 5.82 Å². The topological polar surface area (TPSA) is 121 Å². The van der Waals surface area contributed by atoms with Crippen molar-refractivity contribution in [1.82, 2.24) is 4.72 Å². The number of nitrogens with one attached hydrogen (secondary N) is 3. The van der Waals surface area contributed by atoms with Gasteiger partial charge in [-0.2, -0.15) is 4.72 Å². The van der Waals surface area contributed by atoms with Crippen LogP contribution in [0.3, 0.4) is 0 Å². The van der Waals surface area contributed by atoms with E-state index in [4.69, 9.17) is 11.6 Å². The summed E-state index contributed by atoms with van der Waals surface area (Å²) in [5.74, 6) is -1.54. The average Bonchev–Trinajstić information content (AvgIpc) is 2.81. The third-order valence-electron chi connectivity index (χ3n) is 4.60. The van der Waals surface area contributed by atoms with Crippen LogP contribution in [0.2, 0.25) is 5.02 Å². The zero-order valence-corrected chi connectivity index (χ0v) is 20.7. The van der Waals surface area contributed by atoms with E-state index in [0.29, 0.717) is 5.56 Å². The van der Waals surface area contributed by atoms with Crippen molar-refractivity contribution in [3.8, 4) is 0 Å². The van der Waals surface area contributed by atoms with Crippen LogP contribution in [0.4, 0.5) is 15.8 Å². The summed E-state index contributed by atoms with van der Waals surface area (Å²) in [6.45, 7) is 1.32. The second-order valence-corrected chi connectivity index (χ2v) is 11.0. The van der Waals surface area contributed by atoms with Gasteiger partial charge in [0.1, 0.15) is 5.82 Å². The van der Waals surface area contributed by atoms with Crippen molar-refractivity contribution in [3.05, 3.63) is 94.6 Å². The molecule has 0 saturated heterocycles. The second-order valence-electron chi connectivity index (χ2n) is 7.31. The fourth-order valence-corrected chi connectivity index (χ4v) is 5.10. The van der Waals surface area contributed by atoms with Gasteiger partial charge < -0.3 is 5.32 Å². The standard InChI is InChI=1S/C23H21ClFN3O5S2/c1-16(27-34(30,31)14-13-17-7-3-2-4-8-17)23(29)26-22-15-18(11-12-19(22)24)35(32,33)28-21-10-6-5-9-20(21)25/h2-16,27-28H,1H3,(H,26,29)/b14-13+. The number of halogens is 2. The van der Waals surface area contributed by atoms with E-state index in [1.165, 1.54) is 43.3 Å². The third kappa shape index (κ3) is 7.36. The van der Waals surface area contributed by atoms with Crippen LogP contribution in [-0.2, 0) is 24.8 Å². The quantitative estimate of drug-likeness (QED) is 0.378. The van der Waals surface area contributed by atoms with Crippen molar-refractivity contribution >= 4 is 55.0 Å². The Morgan fingerprint density at radius 1 is 0.943 bits per heavy atom. The first-order valence-electron chi connectivity index (χ1n) is 10.1. The van der Waals surface area contributed by atoms with Crippen molar-refractivity contribution in [2.24, 2.45) is 0 Å². The van der Waals surface area contributed by atoms with Crippen LogP contribution < -0.4 is 14.8 Å². The number of sulfonamides is 2. The molecule has 0 spiro atoms. The summed E-state index contributed by atoms with van der Waals surface area (Å²) in [5.41, 5.74) is 0.336. The summed E-state index contributed by atoms with van der Waals surface area (Å²) in [6.07, 6.45) is 1.38. The molecule has 35 heavy (non-hydrogen) atoms. The van der Waals surface area contributed by atoms with E-state index in [-0.39, 0.29) is 21.3 Å². The largest absolute Gasteiger partial charge is 0.323 e. The molecular weight excluding hydrogens is 517 g/mol. The zero-order valence-electron chi connectivity index (χ0n) is 18.3. The molecule has 0 aliphatic heterocycles. The Labute approximate surface area is 207 Å². The predicted molar refractivity (Wildman–Crippen MR) is 134 cm³/mol. The molecule has 184 valence electrons. The molecule has 0 saturated carbocycles. The smallest absolute Gasteiger partial charge is 0.262 e. The number of benzene rings is 3.